The van der Waals surface area contributed by atoms with Gasteiger partial charge in [-0.25, -0.2) is 0 Å². The molecule has 0 aliphatic rings. The zero-order valence-corrected chi connectivity index (χ0v) is 24.8. The van der Waals surface area contributed by atoms with Crippen molar-refractivity contribution < 1.29 is 8.85 Å². The van der Waals surface area contributed by atoms with Gasteiger partial charge in [0.1, 0.15) is 0 Å². The van der Waals surface area contributed by atoms with Crippen LogP contribution in [0.2, 0.25) is 12.1 Å². The molecule has 8 heteroatoms. The minimum absolute atomic E-state index is 0.749. The molecule has 0 fully saturated rings. The summed E-state index contributed by atoms with van der Waals surface area (Å²) in [6.45, 7) is 15.4. The molecule has 4 atom stereocenters. The summed E-state index contributed by atoms with van der Waals surface area (Å²) in [5.74, 6) is 0. The molecule has 0 aliphatic carbocycles. The quantitative estimate of drug-likeness (QED) is 0.0887. The van der Waals surface area contributed by atoms with E-state index in [1.165, 1.54) is 63.5 Å². The first-order chi connectivity index (χ1) is 13.7. The first kappa shape index (κ1) is 29.8. The van der Waals surface area contributed by atoms with E-state index < -0.39 is 18.1 Å². The van der Waals surface area contributed by atoms with Crippen molar-refractivity contribution in [2.45, 2.75) is 115 Å². The Morgan fingerprint density at radius 2 is 1.00 bits per heavy atom. The van der Waals surface area contributed by atoms with Crippen LogP contribution < -0.4 is 0 Å². The van der Waals surface area contributed by atoms with E-state index in [9.17, 15) is 0 Å². The molecule has 0 spiro atoms. The van der Waals surface area contributed by atoms with E-state index >= 15 is 0 Å². The minimum atomic E-state index is -1.11. The van der Waals surface area contributed by atoms with Crippen molar-refractivity contribution in [2.24, 2.45) is 0 Å². The van der Waals surface area contributed by atoms with Gasteiger partial charge in [0.15, 0.2) is 18.1 Å². The van der Waals surface area contributed by atoms with Gasteiger partial charge < -0.3 is 8.85 Å². The molecule has 0 aromatic heterocycles. The predicted octanol–water partition coefficient (Wildman–Crippen LogP) is 8.20. The molecule has 0 aromatic carbocycles. The molecule has 0 rings (SSSR count). The zero-order valence-electron chi connectivity index (χ0n) is 19.2. The van der Waals surface area contributed by atoms with Crippen molar-refractivity contribution in [1.82, 2.24) is 0 Å². The van der Waals surface area contributed by atoms with Crippen molar-refractivity contribution in [3.05, 3.63) is 0 Å². The maximum atomic E-state index is 6.27. The second kappa shape index (κ2) is 22.0. The standard InChI is InChI=1S/C20H46O2S4Si2/c1-7-13-17-27(21-11-5)19(15-9-3)23-25-26-24-20(16-10-4)28(22-12-6)18-14-8-2/h19-20,27-28H,7-18H2,1-6H3. The summed E-state index contributed by atoms with van der Waals surface area (Å²) in [6, 6.07) is 2.68. The van der Waals surface area contributed by atoms with Crippen molar-refractivity contribution >= 4 is 59.3 Å². The fourth-order valence-corrected chi connectivity index (χ4v) is 22.1. The van der Waals surface area contributed by atoms with E-state index in [4.69, 9.17) is 8.85 Å². The van der Waals surface area contributed by atoms with E-state index in [1.807, 2.05) is 19.7 Å². The SMILES string of the molecule is CCCC[SiH](OCC)C(CCC)SSSSC(CCC)[SiH](CCCC)OCC. The minimum Gasteiger partial charge on any atom is -0.419 e. The lowest BCUT2D eigenvalue weighted by molar-refractivity contribution is 0.337. The van der Waals surface area contributed by atoms with Gasteiger partial charge in [-0.15, -0.1) is 0 Å². The van der Waals surface area contributed by atoms with Crippen LogP contribution in [0.15, 0.2) is 0 Å². The predicted molar refractivity (Wildman–Crippen MR) is 145 cm³/mol. The molecular formula is C20H46O2S4Si2. The summed E-state index contributed by atoms with van der Waals surface area (Å²) in [7, 11) is 6.06. The topological polar surface area (TPSA) is 18.5 Å². The Labute approximate surface area is 195 Å². The van der Waals surface area contributed by atoms with E-state index in [2.05, 4.69) is 63.1 Å². The second-order valence-corrected chi connectivity index (χ2v) is 20.1. The number of hydrogen-bond acceptors (Lipinski definition) is 6. The van der Waals surface area contributed by atoms with E-state index in [-0.39, 0.29) is 0 Å². The first-order valence-corrected chi connectivity index (χ1v) is 20.4. The maximum absolute atomic E-state index is 6.27. The van der Waals surface area contributed by atoms with Crippen molar-refractivity contribution in [2.75, 3.05) is 13.2 Å². The largest absolute Gasteiger partial charge is 0.419 e. The highest BCUT2D eigenvalue weighted by Crippen LogP contribution is 2.49. The van der Waals surface area contributed by atoms with Gasteiger partial charge in [-0.3, -0.25) is 0 Å². The molecule has 0 saturated carbocycles. The highest BCUT2D eigenvalue weighted by molar-refractivity contribution is 9.26. The normalized spacial score (nSPS) is 16.1. The Hall–Kier alpha value is 1.75. The summed E-state index contributed by atoms with van der Waals surface area (Å²) in [6.07, 6.45) is 10.4. The lowest BCUT2D eigenvalue weighted by Gasteiger charge is -2.26. The third-order valence-electron chi connectivity index (χ3n) is 4.78. The Morgan fingerprint density at radius 3 is 1.29 bits per heavy atom. The summed E-state index contributed by atoms with van der Waals surface area (Å²) in [5.41, 5.74) is 0. The van der Waals surface area contributed by atoms with Gasteiger partial charge in [0.25, 0.3) is 0 Å². The average molecular weight is 503 g/mol. The van der Waals surface area contributed by atoms with Crippen molar-refractivity contribution in [3.63, 3.8) is 0 Å². The first-order valence-electron chi connectivity index (χ1n) is 11.6. The fourth-order valence-electron chi connectivity index (χ4n) is 3.29. The van der Waals surface area contributed by atoms with Crippen LogP contribution in [0.3, 0.4) is 0 Å². The van der Waals surface area contributed by atoms with Gasteiger partial charge in [-0.2, -0.15) is 0 Å². The van der Waals surface area contributed by atoms with Crippen LogP contribution in [0.4, 0.5) is 0 Å². The molecule has 170 valence electrons. The molecule has 0 amide bonds. The van der Waals surface area contributed by atoms with E-state index in [0.29, 0.717) is 0 Å². The molecule has 4 unspecified atom stereocenters. The number of rotatable bonds is 21. The summed E-state index contributed by atoms with van der Waals surface area (Å²) in [5, 5.41) is 0. The lowest BCUT2D eigenvalue weighted by atomic mass is 10.4. The lowest BCUT2D eigenvalue weighted by Crippen LogP contribution is -2.31. The van der Waals surface area contributed by atoms with Crippen molar-refractivity contribution in [3.8, 4) is 0 Å². The molecule has 28 heavy (non-hydrogen) atoms. The van der Waals surface area contributed by atoms with E-state index in [1.54, 1.807) is 0 Å². The van der Waals surface area contributed by atoms with Gasteiger partial charge in [-0.05, 0) is 58.4 Å². The van der Waals surface area contributed by atoms with Crippen LogP contribution in [0.1, 0.15) is 92.9 Å². The highest BCUT2D eigenvalue weighted by atomic mass is 33.7. The monoisotopic (exact) mass is 502 g/mol. The molecule has 0 radical (unpaired) electrons. The van der Waals surface area contributed by atoms with Crippen LogP contribution in [0.25, 0.3) is 0 Å². The molecule has 0 heterocycles. The Bertz CT molecular complexity index is 301. The smallest absolute Gasteiger partial charge is 0.190 e. The average Bonchev–Trinajstić information content (AvgIpc) is 2.70. The highest BCUT2D eigenvalue weighted by Gasteiger charge is 2.27. The summed E-state index contributed by atoms with van der Waals surface area (Å²) in [4.78, 5) is 1.50. The van der Waals surface area contributed by atoms with Crippen LogP contribution >= 0.6 is 41.2 Å². The van der Waals surface area contributed by atoms with Gasteiger partial charge in [0.05, 0.1) is 0 Å². The Kier molecular flexibility index (Phi) is 23.3. The Balaban J connectivity index is 4.59. The molecule has 0 N–H and O–H groups in total. The Morgan fingerprint density at radius 1 is 0.607 bits per heavy atom. The van der Waals surface area contributed by atoms with Crippen LogP contribution in [-0.4, -0.2) is 41.0 Å². The number of unbranched alkanes of at least 4 members (excludes halogenated alkanes) is 2. The molecule has 0 bridgehead atoms. The second-order valence-electron chi connectivity index (χ2n) is 7.25. The van der Waals surface area contributed by atoms with Crippen LogP contribution in [0.5, 0.6) is 0 Å². The molecule has 0 aromatic rings. The zero-order chi connectivity index (χ0) is 21.0. The molecule has 0 saturated heterocycles. The fraction of sp³-hybridized carbons (Fsp3) is 1.00. The summed E-state index contributed by atoms with van der Waals surface area (Å²) >= 11 is 0. The third kappa shape index (κ3) is 14.7. The van der Waals surface area contributed by atoms with Gasteiger partial charge in [0, 0.05) is 23.0 Å². The van der Waals surface area contributed by atoms with Gasteiger partial charge in [-0.1, -0.05) is 87.8 Å². The van der Waals surface area contributed by atoms with Gasteiger partial charge in [0.2, 0.25) is 0 Å². The molecule has 0 aliphatic heterocycles. The number of hydrogen-bond donors (Lipinski definition) is 0. The van der Waals surface area contributed by atoms with E-state index in [0.717, 1.165) is 23.0 Å². The van der Waals surface area contributed by atoms with Crippen LogP contribution in [-0.2, 0) is 8.85 Å². The van der Waals surface area contributed by atoms with Crippen LogP contribution in [0, 0.1) is 0 Å². The van der Waals surface area contributed by atoms with Crippen molar-refractivity contribution in [1.29, 1.82) is 0 Å². The summed E-state index contributed by atoms with van der Waals surface area (Å²) < 4.78 is 12.5. The van der Waals surface area contributed by atoms with Gasteiger partial charge >= 0.3 is 0 Å². The maximum Gasteiger partial charge on any atom is 0.190 e. The molecular weight excluding hydrogens is 457 g/mol. The molecule has 2 nitrogen and oxygen atoms in total. The third-order valence-corrected chi connectivity index (χ3v) is 21.1.